The summed E-state index contributed by atoms with van der Waals surface area (Å²) in [7, 11) is 2.09. The Balaban J connectivity index is 1.68. The second kappa shape index (κ2) is 7.77. The minimum atomic E-state index is -0.967. The SMILES string of the molecule is CN1CCN(Cc2ccc(CO)o2)C[C@@]12CCC(=O)N(CC(=O)O)CC2. The summed E-state index contributed by atoms with van der Waals surface area (Å²) in [5.41, 5.74) is -0.131. The minimum absolute atomic E-state index is 0.0755. The summed E-state index contributed by atoms with van der Waals surface area (Å²) in [6.45, 7) is 3.42. The molecule has 1 spiro atoms. The van der Waals surface area contributed by atoms with Crippen LogP contribution in [0.4, 0.5) is 0 Å². The lowest BCUT2D eigenvalue weighted by Gasteiger charge is -2.49. The third kappa shape index (κ3) is 4.08. The van der Waals surface area contributed by atoms with Gasteiger partial charge in [-0.2, -0.15) is 0 Å². The van der Waals surface area contributed by atoms with Crippen LogP contribution in [0.1, 0.15) is 30.8 Å². The van der Waals surface area contributed by atoms with Crippen molar-refractivity contribution in [2.45, 2.75) is 38.0 Å². The first kappa shape index (κ1) is 18.9. The number of furan rings is 1. The average Bonchev–Trinajstić information content (AvgIpc) is 3.00. The van der Waals surface area contributed by atoms with Gasteiger partial charge in [0.2, 0.25) is 5.91 Å². The highest BCUT2D eigenvalue weighted by Crippen LogP contribution is 2.32. The Morgan fingerprint density at radius 1 is 1.23 bits per heavy atom. The molecule has 26 heavy (non-hydrogen) atoms. The summed E-state index contributed by atoms with van der Waals surface area (Å²) in [5, 5.41) is 18.2. The van der Waals surface area contributed by atoms with E-state index in [9.17, 15) is 9.59 Å². The molecule has 8 nitrogen and oxygen atoms in total. The Bertz CT molecular complexity index is 661. The number of hydrogen-bond acceptors (Lipinski definition) is 6. The smallest absolute Gasteiger partial charge is 0.323 e. The topological polar surface area (TPSA) is 97.5 Å². The van der Waals surface area contributed by atoms with Gasteiger partial charge in [0.15, 0.2) is 0 Å². The van der Waals surface area contributed by atoms with E-state index in [0.29, 0.717) is 25.3 Å². The van der Waals surface area contributed by atoms with Crippen molar-refractivity contribution in [2.75, 3.05) is 39.8 Å². The van der Waals surface area contributed by atoms with E-state index in [1.807, 2.05) is 6.07 Å². The first-order chi connectivity index (χ1) is 12.4. The standard InChI is InChI=1S/C18H27N3O5/c1-19-8-9-20(10-14-2-3-15(12-22)26-14)13-18(19)5-4-16(23)21(7-6-18)11-17(24)25/h2-3,22H,4-13H2,1H3,(H,24,25)/t18-/m0/s1. The van der Waals surface area contributed by atoms with E-state index in [-0.39, 0.29) is 24.6 Å². The number of carboxylic acid groups (broad SMARTS) is 1. The van der Waals surface area contributed by atoms with Crippen LogP contribution in [0.2, 0.25) is 0 Å². The van der Waals surface area contributed by atoms with Crippen LogP contribution in [0.3, 0.4) is 0 Å². The lowest BCUT2D eigenvalue weighted by Crippen LogP contribution is -2.60. The molecule has 144 valence electrons. The van der Waals surface area contributed by atoms with E-state index in [0.717, 1.165) is 38.2 Å². The number of carbonyl (C=O) groups excluding carboxylic acids is 1. The summed E-state index contributed by atoms with van der Waals surface area (Å²) >= 11 is 0. The quantitative estimate of drug-likeness (QED) is 0.777. The van der Waals surface area contributed by atoms with E-state index < -0.39 is 5.97 Å². The Hall–Kier alpha value is -1.90. The molecular weight excluding hydrogens is 338 g/mol. The van der Waals surface area contributed by atoms with Gasteiger partial charge in [-0.3, -0.25) is 19.4 Å². The van der Waals surface area contributed by atoms with Crippen LogP contribution in [0, 0.1) is 0 Å². The minimum Gasteiger partial charge on any atom is -0.480 e. The van der Waals surface area contributed by atoms with Crippen molar-refractivity contribution < 1.29 is 24.2 Å². The number of aliphatic hydroxyl groups is 1. The number of carbonyl (C=O) groups is 2. The van der Waals surface area contributed by atoms with Crippen molar-refractivity contribution in [1.82, 2.24) is 14.7 Å². The van der Waals surface area contributed by atoms with Crippen molar-refractivity contribution in [3.05, 3.63) is 23.7 Å². The Kier molecular flexibility index (Phi) is 5.64. The molecule has 0 aromatic carbocycles. The molecule has 8 heteroatoms. The molecule has 2 aliphatic rings. The average molecular weight is 365 g/mol. The number of aliphatic hydroxyl groups excluding tert-OH is 1. The number of likely N-dealkylation sites (N-methyl/N-ethyl adjacent to an activating group) is 1. The second-order valence-electron chi connectivity index (χ2n) is 7.34. The number of likely N-dealkylation sites (tertiary alicyclic amines) is 1. The number of amides is 1. The molecule has 2 aliphatic heterocycles. The zero-order valence-corrected chi connectivity index (χ0v) is 15.2. The molecule has 1 atom stereocenters. The predicted octanol–water partition coefficient (Wildman–Crippen LogP) is 0.355. The highest BCUT2D eigenvalue weighted by Gasteiger charge is 2.42. The number of aliphatic carboxylic acids is 1. The fourth-order valence-electron chi connectivity index (χ4n) is 4.05. The van der Waals surface area contributed by atoms with Crippen LogP contribution in [0.15, 0.2) is 16.5 Å². The van der Waals surface area contributed by atoms with Crippen LogP contribution < -0.4 is 0 Å². The van der Waals surface area contributed by atoms with Crippen LogP contribution >= 0.6 is 0 Å². The van der Waals surface area contributed by atoms with Crippen molar-refractivity contribution in [1.29, 1.82) is 0 Å². The Morgan fingerprint density at radius 2 is 2.00 bits per heavy atom. The molecule has 2 N–H and O–H groups in total. The lowest BCUT2D eigenvalue weighted by atomic mass is 9.86. The van der Waals surface area contributed by atoms with Gasteiger partial charge in [-0.15, -0.1) is 0 Å². The summed E-state index contributed by atoms with van der Waals surface area (Å²) in [4.78, 5) is 29.4. The van der Waals surface area contributed by atoms with Crippen LogP contribution in [0.25, 0.3) is 0 Å². The second-order valence-corrected chi connectivity index (χ2v) is 7.34. The van der Waals surface area contributed by atoms with E-state index in [4.69, 9.17) is 14.6 Å². The number of hydrogen-bond donors (Lipinski definition) is 2. The zero-order valence-electron chi connectivity index (χ0n) is 15.2. The predicted molar refractivity (Wildman–Crippen MR) is 93.3 cm³/mol. The van der Waals surface area contributed by atoms with Gasteiger partial charge in [-0.05, 0) is 32.0 Å². The molecule has 3 heterocycles. The maximum absolute atomic E-state index is 12.3. The Morgan fingerprint density at radius 3 is 2.69 bits per heavy atom. The van der Waals surface area contributed by atoms with Gasteiger partial charge in [0.05, 0.1) is 6.54 Å². The fraction of sp³-hybridized carbons (Fsp3) is 0.667. The molecule has 1 amide bonds. The first-order valence-electron chi connectivity index (χ1n) is 9.03. The summed E-state index contributed by atoms with van der Waals surface area (Å²) in [6, 6.07) is 3.68. The lowest BCUT2D eigenvalue weighted by molar-refractivity contribution is -0.144. The maximum Gasteiger partial charge on any atom is 0.323 e. The van der Waals surface area contributed by atoms with Gasteiger partial charge in [-0.25, -0.2) is 0 Å². The molecule has 0 unspecified atom stereocenters. The number of nitrogens with zero attached hydrogens (tertiary/aromatic N) is 3. The first-order valence-corrected chi connectivity index (χ1v) is 9.03. The van der Waals surface area contributed by atoms with Gasteiger partial charge in [0, 0.05) is 38.1 Å². The fourth-order valence-corrected chi connectivity index (χ4v) is 4.05. The van der Waals surface area contributed by atoms with E-state index in [2.05, 4.69) is 16.8 Å². The molecule has 1 aromatic rings. The zero-order chi connectivity index (χ0) is 18.7. The molecule has 0 saturated carbocycles. The summed E-state index contributed by atoms with van der Waals surface area (Å²) in [5.74, 6) is 0.345. The monoisotopic (exact) mass is 365 g/mol. The molecular formula is C18H27N3O5. The van der Waals surface area contributed by atoms with Crippen LogP contribution in [-0.2, 0) is 22.7 Å². The Labute approximate surface area is 153 Å². The van der Waals surface area contributed by atoms with Gasteiger partial charge >= 0.3 is 5.97 Å². The molecule has 3 rings (SSSR count). The number of piperazine rings is 1. The van der Waals surface area contributed by atoms with E-state index in [1.54, 1.807) is 6.07 Å². The summed E-state index contributed by atoms with van der Waals surface area (Å²) in [6.07, 6.45) is 1.87. The summed E-state index contributed by atoms with van der Waals surface area (Å²) < 4.78 is 5.61. The highest BCUT2D eigenvalue weighted by atomic mass is 16.4. The van der Waals surface area contributed by atoms with Crippen LogP contribution in [0.5, 0.6) is 0 Å². The molecule has 2 fully saturated rings. The largest absolute Gasteiger partial charge is 0.480 e. The van der Waals surface area contributed by atoms with Gasteiger partial charge in [0.1, 0.15) is 24.7 Å². The van der Waals surface area contributed by atoms with Crippen molar-refractivity contribution >= 4 is 11.9 Å². The third-order valence-corrected chi connectivity index (χ3v) is 5.66. The van der Waals surface area contributed by atoms with Crippen molar-refractivity contribution in [2.24, 2.45) is 0 Å². The van der Waals surface area contributed by atoms with E-state index >= 15 is 0 Å². The normalized spacial score (nSPS) is 25.6. The number of carboxylic acids is 1. The number of rotatable bonds is 5. The van der Waals surface area contributed by atoms with Gasteiger partial charge < -0.3 is 19.5 Å². The van der Waals surface area contributed by atoms with Gasteiger partial charge in [0.25, 0.3) is 0 Å². The molecule has 2 saturated heterocycles. The molecule has 0 bridgehead atoms. The molecule has 1 aromatic heterocycles. The highest BCUT2D eigenvalue weighted by molar-refractivity contribution is 5.81. The third-order valence-electron chi connectivity index (χ3n) is 5.66. The van der Waals surface area contributed by atoms with E-state index in [1.165, 1.54) is 4.90 Å². The van der Waals surface area contributed by atoms with Gasteiger partial charge in [-0.1, -0.05) is 0 Å². The molecule has 0 aliphatic carbocycles. The van der Waals surface area contributed by atoms with Crippen molar-refractivity contribution in [3.63, 3.8) is 0 Å². The van der Waals surface area contributed by atoms with Crippen LogP contribution in [-0.4, -0.2) is 82.1 Å². The maximum atomic E-state index is 12.3. The molecule has 0 radical (unpaired) electrons. The van der Waals surface area contributed by atoms with Crippen molar-refractivity contribution in [3.8, 4) is 0 Å².